The molecule has 0 amide bonds. The van der Waals surface area contributed by atoms with Crippen LogP contribution in [0.5, 0.6) is 0 Å². The molecule has 2 heterocycles. The van der Waals surface area contributed by atoms with E-state index in [4.69, 9.17) is 0 Å². The highest BCUT2D eigenvalue weighted by atomic mass is 15.1. The first kappa shape index (κ1) is 6.92. The van der Waals surface area contributed by atoms with E-state index < -0.39 is 0 Å². The van der Waals surface area contributed by atoms with E-state index >= 15 is 0 Å². The third-order valence-electron chi connectivity index (χ3n) is 2.69. The predicted octanol–water partition coefficient (Wildman–Crippen LogP) is 1.56. The van der Waals surface area contributed by atoms with Crippen molar-refractivity contribution < 1.29 is 0 Å². The van der Waals surface area contributed by atoms with Crippen molar-refractivity contribution in [3.63, 3.8) is 0 Å². The van der Waals surface area contributed by atoms with Gasteiger partial charge < -0.3 is 4.98 Å². The summed E-state index contributed by atoms with van der Waals surface area (Å²) in [4.78, 5) is 5.67. The number of hydrogen-bond acceptors (Lipinski definition) is 1. The molecule has 0 saturated carbocycles. The summed E-state index contributed by atoms with van der Waals surface area (Å²) in [5.74, 6) is 0. The molecule has 0 spiro atoms. The summed E-state index contributed by atoms with van der Waals surface area (Å²) in [7, 11) is 2.18. The third kappa shape index (κ3) is 0.979. The van der Waals surface area contributed by atoms with Gasteiger partial charge in [-0.3, -0.25) is 4.90 Å². The highest BCUT2D eigenvalue weighted by Gasteiger charge is 2.20. The van der Waals surface area contributed by atoms with Crippen molar-refractivity contribution in [1.82, 2.24) is 9.88 Å². The second-order valence-corrected chi connectivity index (χ2v) is 3.32. The average molecular weight is 150 g/mol. The van der Waals surface area contributed by atoms with Gasteiger partial charge in [-0.25, -0.2) is 0 Å². The van der Waals surface area contributed by atoms with Crippen LogP contribution in [0.15, 0.2) is 12.3 Å². The van der Waals surface area contributed by atoms with Crippen LogP contribution in [0.25, 0.3) is 0 Å². The van der Waals surface area contributed by atoms with Crippen molar-refractivity contribution in [2.24, 2.45) is 0 Å². The Balaban J connectivity index is 2.38. The number of hydrogen-bond donors (Lipinski definition) is 1. The van der Waals surface area contributed by atoms with E-state index in [0.717, 1.165) is 0 Å². The van der Waals surface area contributed by atoms with Gasteiger partial charge in [0.1, 0.15) is 0 Å². The Bertz CT molecular complexity index is 252. The van der Waals surface area contributed by atoms with Crippen molar-refractivity contribution >= 4 is 0 Å². The second kappa shape index (κ2) is 2.38. The van der Waals surface area contributed by atoms with Crippen LogP contribution in [-0.2, 0) is 6.42 Å². The predicted molar refractivity (Wildman–Crippen MR) is 45.5 cm³/mol. The number of likely N-dealkylation sites (N-methyl/N-ethyl adjacent to an activating group) is 1. The molecule has 1 atom stereocenters. The molecule has 1 N–H and O–H groups in total. The summed E-state index contributed by atoms with van der Waals surface area (Å²) in [5.41, 5.74) is 2.90. The lowest BCUT2D eigenvalue weighted by Crippen LogP contribution is -2.29. The first-order valence-corrected chi connectivity index (χ1v) is 4.15. The van der Waals surface area contributed by atoms with Gasteiger partial charge in [-0.15, -0.1) is 0 Å². The Morgan fingerprint density at radius 3 is 3.27 bits per heavy atom. The number of fused-ring (bicyclic) bond motifs is 1. The molecule has 0 aromatic carbocycles. The third-order valence-corrected chi connectivity index (χ3v) is 2.69. The van der Waals surface area contributed by atoms with Gasteiger partial charge in [0.2, 0.25) is 0 Å². The van der Waals surface area contributed by atoms with Gasteiger partial charge in [0.25, 0.3) is 0 Å². The zero-order valence-corrected chi connectivity index (χ0v) is 7.09. The van der Waals surface area contributed by atoms with Crippen molar-refractivity contribution in [3.05, 3.63) is 23.5 Å². The molecular formula is C9H14N2. The van der Waals surface area contributed by atoms with Crippen LogP contribution in [-0.4, -0.2) is 23.5 Å². The number of nitrogens with zero attached hydrogens (tertiary/aromatic N) is 1. The first-order valence-electron chi connectivity index (χ1n) is 4.15. The molecule has 11 heavy (non-hydrogen) atoms. The Morgan fingerprint density at radius 2 is 2.45 bits per heavy atom. The van der Waals surface area contributed by atoms with Crippen LogP contribution in [0.3, 0.4) is 0 Å². The molecule has 2 heteroatoms. The Kier molecular flexibility index (Phi) is 1.50. The highest BCUT2D eigenvalue weighted by molar-refractivity contribution is 5.26. The lowest BCUT2D eigenvalue weighted by Gasteiger charge is -2.29. The smallest absolute Gasteiger partial charge is 0.0334 e. The van der Waals surface area contributed by atoms with Gasteiger partial charge in [0.05, 0.1) is 0 Å². The Hall–Kier alpha value is -0.760. The van der Waals surface area contributed by atoms with Crippen LogP contribution in [0.4, 0.5) is 0 Å². The van der Waals surface area contributed by atoms with Gasteiger partial charge in [-0.05, 0) is 25.6 Å². The summed E-state index contributed by atoms with van der Waals surface area (Å²) in [6, 6.07) is 2.78. The number of H-pyrrole nitrogens is 1. The van der Waals surface area contributed by atoms with Gasteiger partial charge in [-0.1, -0.05) is 0 Å². The fourth-order valence-electron chi connectivity index (χ4n) is 1.74. The summed E-state index contributed by atoms with van der Waals surface area (Å²) < 4.78 is 0. The zero-order valence-electron chi connectivity index (χ0n) is 7.09. The van der Waals surface area contributed by atoms with Crippen molar-refractivity contribution in [3.8, 4) is 0 Å². The van der Waals surface area contributed by atoms with E-state index in [0.29, 0.717) is 6.04 Å². The molecule has 1 aliphatic heterocycles. The van der Waals surface area contributed by atoms with Crippen LogP contribution in [0, 0.1) is 0 Å². The number of rotatable bonds is 0. The van der Waals surface area contributed by atoms with Gasteiger partial charge in [-0.2, -0.15) is 0 Å². The van der Waals surface area contributed by atoms with Crippen molar-refractivity contribution in [2.75, 3.05) is 13.6 Å². The largest absolute Gasteiger partial charge is 0.365 e. The molecule has 0 bridgehead atoms. The van der Waals surface area contributed by atoms with E-state index in [9.17, 15) is 0 Å². The molecule has 1 aromatic rings. The maximum Gasteiger partial charge on any atom is 0.0334 e. The molecule has 1 aliphatic rings. The molecule has 2 rings (SSSR count). The van der Waals surface area contributed by atoms with E-state index in [-0.39, 0.29) is 0 Å². The SMILES string of the molecule is C[C@@H]1c2cc[nH]c2CCN1C. The van der Waals surface area contributed by atoms with Crippen LogP contribution < -0.4 is 0 Å². The highest BCUT2D eigenvalue weighted by Crippen LogP contribution is 2.26. The second-order valence-electron chi connectivity index (χ2n) is 3.32. The molecule has 2 nitrogen and oxygen atoms in total. The Morgan fingerprint density at radius 1 is 1.64 bits per heavy atom. The average Bonchev–Trinajstić information content (AvgIpc) is 2.45. The molecule has 0 aliphatic carbocycles. The molecular weight excluding hydrogens is 136 g/mol. The molecule has 0 unspecified atom stereocenters. The quantitative estimate of drug-likeness (QED) is 0.594. The lowest BCUT2D eigenvalue weighted by atomic mass is 10.0. The van der Waals surface area contributed by atoms with Crippen molar-refractivity contribution in [2.45, 2.75) is 19.4 Å². The van der Waals surface area contributed by atoms with Gasteiger partial charge in [0.15, 0.2) is 0 Å². The van der Waals surface area contributed by atoms with Crippen LogP contribution >= 0.6 is 0 Å². The van der Waals surface area contributed by atoms with Crippen LogP contribution in [0.1, 0.15) is 24.2 Å². The maximum atomic E-state index is 3.28. The fraction of sp³-hybridized carbons (Fsp3) is 0.556. The minimum atomic E-state index is 0.588. The topological polar surface area (TPSA) is 19.0 Å². The summed E-state index contributed by atoms with van der Waals surface area (Å²) in [5, 5.41) is 0. The number of nitrogens with one attached hydrogen (secondary N) is 1. The number of aromatic amines is 1. The lowest BCUT2D eigenvalue weighted by molar-refractivity contribution is 0.247. The molecule has 1 aromatic heterocycles. The molecule has 0 radical (unpaired) electrons. The van der Waals surface area contributed by atoms with Crippen molar-refractivity contribution in [1.29, 1.82) is 0 Å². The summed E-state index contributed by atoms with van der Waals surface area (Å²) in [6.45, 7) is 3.43. The van der Waals surface area contributed by atoms with E-state index in [1.54, 1.807) is 0 Å². The number of aromatic nitrogens is 1. The molecule has 0 saturated heterocycles. The zero-order chi connectivity index (χ0) is 7.84. The minimum absolute atomic E-state index is 0.588. The van der Waals surface area contributed by atoms with E-state index in [1.807, 2.05) is 6.20 Å². The van der Waals surface area contributed by atoms with Gasteiger partial charge in [0, 0.05) is 30.9 Å². The van der Waals surface area contributed by atoms with Crippen LogP contribution in [0.2, 0.25) is 0 Å². The Labute approximate surface area is 67.2 Å². The normalized spacial score (nSPS) is 25.1. The van der Waals surface area contributed by atoms with Gasteiger partial charge >= 0.3 is 0 Å². The first-order chi connectivity index (χ1) is 5.29. The monoisotopic (exact) mass is 150 g/mol. The minimum Gasteiger partial charge on any atom is -0.365 e. The molecule has 60 valence electrons. The van der Waals surface area contributed by atoms with E-state index in [2.05, 4.69) is 29.9 Å². The summed E-state index contributed by atoms with van der Waals surface area (Å²) >= 11 is 0. The summed E-state index contributed by atoms with van der Waals surface area (Å²) in [6.07, 6.45) is 3.21. The standard InChI is InChI=1S/C9H14N2/c1-7-8-3-5-10-9(8)4-6-11(7)2/h3,5,7,10H,4,6H2,1-2H3/t7-/m1/s1. The maximum absolute atomic E-state index is 3.28. The van der Waals surface area contributed by atoms with E-state index in [1.165, 1.54) is 24.2 Å². The fourth-order valence-corrected chi connectivity index (χ4v) is 1.74. The molecule has 0 fully saturated rings.